The molecule has 0 bridgehead atoms. The standard InChI is InChI=1S/C9H7ClF4N2O3/c10-4-1-6(7(16(18)19)2-5(4)11)15-3-8(17)9(12,13)14/h1-2,8,15,17H,3H2. The number of alkyl halides is 3. The zero-order chi connectivity index (χ0) is 14.8. The van der Waals surface area contributed by atoms with Crippen molar-refractivity contribution in [2.45, 2.75) is 12.3 Å². The topological polar surface area (TPSA) is 75.4 Å². The first-order valence-electron chi connectivity index (χ1n) is 4.75. The molecule has 0 radical (unpaired) electrons. The van der Waals surface area contributed by atoms with E-state index in [1.807, 2.05) is 5.32 Å². The minimum absolute atomic E-state index is 0.417. The van der Waals surface area contributed by atoms with Gasteiger partial charge in [-0.25, -0.2) is 4.39 Å². The number of aliphatic hydroxyl groups excluding tert-OH is 1. The van der Waals surface area contributed by atoms with Crippen LogP contribution >= 0.6 is 11.6 Å². The van der Waals surface area contributed by atoms with Crippen LogP contribution in [0.3, 0.4) is 0 Å². The maximum atomic E-state index is 13.0. The number of hydrogen-bond donors (Lipinski definition) is 2. The van der Waals surface area contributed by atoms with Crippen LogP contribution in [0.2, 0.25) is 5.02 Å². The fraction of sp³-hybridized carbons (Fsp3) is 0.333. The molecule has 1 aromatic carbocycles. The highest BCUT2D eigenvalue weighted by Gasteiger charge is 2.38. The molecule has 0 spiro atoms. The fourth-order valence-electron chi connectivity index (χ4n) is 1.15. The first-order chi connectivity index (χ1) is 8.62. The Kier molecular flexibility index (Phi) is 4.53. The number of rotatable bonds is 4. The van der Waals surface area contributed by atoms with Crippen molar-refractivity contribution in [3.63, 3.8) is 0 Å². The second kappa shape index (κ2) is 5.57. The Hall–Kier alpha value is -1.61. The monoisotopic (exact) mass is 302 g/mol. The highest BCUT2D eigenvalue weighted by Crippen LogP contribution is 2.30. The van der Waals surface area contributed by atoms with E-state index in [0.717, 1.165) is 6.07 Å². The fourth-order valence-corrected chi connectivity index (χ4v) is 1.32. The Balaban J connectivity index is 2.95. The van der Waals surface area contributed by atoms with Crippen LogP contribution in [0.15, 0.2) is 12.1 Å². The van der Waals surface area contributed by atoms with Crippen molar-refractivity contribution < 1.29 is 27.6 Å². The van der Waals surface area contributed by atoms with Gasteiger partial charge in [-0.05, 0) is 6.07 Å². The summed E-state index contributed by atoms with van der Waals surface area (Å²) in [5, 5.41) is 20.8. The Morgan fingerprint density at radius 1 is 1.47 bits per heavy atom. The van der Waals surface area contributed by atoms with Crippen molar-refractivity contribution >= 4 is 23.0 Å². The number of nitrogens with one attached hydrogen (secondary N) is 1. The van der Waals surface area contributed by atoms with Crippen LogP contribution in [-0.4, -0.2) is 28.9 Å². The molecular weight excluding hydrogens is 296 g/mol. The molecule has 1 rings (SSSR count). The van der Waals surface area contributed by atoms with E-state index in [9.17, 15) is 27.7 Å². The van der Waals surface area contributed by atoms with Crippen molar-refractivity contribution in [3.8, 4) is 0 Å². The molecule has 0 amide bonds. The van der Waals surface area contributed by atoms with E-state index < -0.39 is 46.0 Å². The maximum Gasteiger partial charge on any atom is 0.416 e. The Bertz CT molecular complexity index is 495. The molecule has 0 aliphatic heterocycles. The number of halogens is 5. The van der Waals surface area contributed by atoms with E-state index in [0.29, 0.717) is 6.07 Å². The molecule has 0 heterocycles. The Morgan fingerprint density at radius 3 is 2.53 bits per heavy atom. The molecule has 0 fully saturated rings. The number of nitro groups is 1. The van der Waals surface area contributed by atoms with E-state index >= 15 is 0 Å². The van der Waals surface area contributed by atoms with Gasteiger partial charge in [0.05, 0.1) is 16.0 Å². The third kappa shape index (κ3) is 3.93. The average Bonchev–Trinajstić information content (AvgIpc) is 2.28. The molecular formula is C9H7ClF4N2O3. The lowest BCUT2D eigenvalue weighted by atomic mass is 10.2. The maximum absolute atomic E-state index is 13.0. The molecule has 5 nitrogen and oxygen atoms in total. The van der Waals surface area contributed by atoms with Gasteiger partial charge in [0.2, 0.25) is 0 Å². The van der Waals surface area contributed by atoms with Gasteiger partial charge in [0.1, 0.15) is 11.5 Å². The lowest BCUT2D eigenvalue weighted by Gasteiger charge is -2.15. The summed E-state index contributed by atoms with van der Waals surface area (Å²) in [5.74, 6) is -1.07. The minimum Gasteiger partial charge on any atom is -0.382 e. The van der Waals surface area contributed by atoms with Crippen LogP contribution in [0.1, 0.15) is 0 Å². The smallest absolute Gasteiger partial charge is 0.382 e. The summed E-state index contributed by atoms with van der Waals surface area (Å²) >= 11 is 5.37. The number of nitrogens with zero attached hydrogens (tertiary/aromatic N) is 1. The van der Waals surface area contributed by atoms with Crippen LogP contribution < -0.4 is 5.32 Å². The zero-order valence-electron chi connectivity index (χ0n) is 9.04. The number of benzene rings is 1. The van der Waals surface area contributed by atoms with Crippen molar-refractivity contribution in [3.05, 3.63) is 33.1 Å². The molecule has 1 atom stereocenters. The SMILES string of the molecule is O=[N+]([O-])c1cc(F)c(Cl)cc1NCC(O)C(F)(F)F. The quantitative estimate of drug-likeness (QED) is 0.509. The van der Waals surface area contributed by atoms with Gasteiger partial charge in [-0.3, -0.25) is 10.1 Å². The molecule has 0 saturated heterocycles. The van der Waals surface area contributed by atoms with Gasteiger partial charge < -0.3 is 10.4 Å². The molecule has 10 heteroatoms. The summed E-state index contributed by atoms with van der Waals surface area (Å²) in [4.78, 5) is 9.61. The molecule has 0 aliphatic rings. The van der Waals surface area contributed by atoms with E-state index in [4.69, 9.17) is 16.7 Å². The lowest BCUT2D eigenvalue weighted by Crippen LogP contribution is -2.35. The molecule has 106 valence electrons. The number of anilines is 1. The predicted molar refractivity (Wildman–Crippen MR) is 58.6 cm³/mol. The summed E-state index contributed by atoms with van der Waals surface area (Å²) in [6, 6.07) is 1.25. The third-order valence-corrected chi connectivity index (χ3v) is 2.39. The molecule has 2 N–H and O–H groups in total. The normalized spacial score (nSPS) is 13.2. The summed E-state index contributed by atoms with van der Waals surface area (Å²) in [5.41, 5.74) is -1.20. The van der Waals surface area contributed by atoms with E-state index in [-0.39, 0.29) is 0 Å². The minimum atomic E-state index is -4.87. The van der Waals surface area contributed by atoms with Gasteiger partial charge in [0, 0.05) is 6.54 Å². The lowest BCUT2D eigenvalue weighted by molar-refractivity contribution is -0.384. The van der Waals surface area contributed by atoms with E-state index in [1.54, 1.807) is 0 Å². The molecule has 0 aliphatic carbocycles. The molecule has 1 unspecified atom stereocenters. The van der Waals surface area contributed by atoms with Crippen molar-refractivity contribution in [2.24, 2.45) is 0 Å². The van der Waals surface area contributed by atoms with Crippen LogP contribution in [0, 0.1) is 15.9 Å². The van der Waals surface area contributed by atoms with Gasteiger partial charge in [-0.1, -0.05) is 11.6 Å². The highest BCUT2D eigenvalue weighted by molar-refractivity contribution is 6.31. The summed E-state index contributed by atoms with van der Waals surface area (Å²) in [7, 11) is 0. The van der Waals surface area contributed by atoms with Gasteiger partial charge in [0.25, 0.3) is 5.69 Å². The first kappa shape index (κ1) is 15.4. The van der Waals surface area contributed by atoms with Crippen molar-refractivity contribution in [2.75, 3.05) is 11.9 Å². The molecule has 0 saturated carbocycles. The van der Waals surface area contributed by atoms with Crippen molar-refractivity contribution in [1.29, 1.82) is 0 Å². The second-order valence-corrected chi connectivity index (χ2v) is 3.89. The molecule has 0 aromatic heterocycles. The number of hydrogen-bond acceptors (Lipinski definition) is 4. The van der Waals surface area contributed by atoms with Crippen LogP contribution in [-0.2, 0) is 0 Å². The van der Waals surface area contributed by atoms with Crippen molar-refractivity contribution in [1.82, 2.24) is 0 Å². The second-order valence-electron chi connectivity index (χ2n) is 3.48. The average molecular weight is 303 g/mol. The van der Waals surface area contributed by atoms with Gasteiger partial charge in [0.15, 0.2) is 6.10 Å². The molecule has 19 heavy (non-hydrogen) atoms. The van der Waals surface area contributed by atoms with Gasteiger partial charge >= 0.3 is 6.18 Å². The number of nitro benzene ring substituents is 1. The molecule has 1 aromatic rings. The third-order valence-electron chi connectivity index (χ3n) is 2.10. The summed E-state index contributed by atoms with van der Waals surface area (Å²) < 4.78 is 49.1. The van der Waals surface area contributed by atoms with Crippen LogP contribution in [0.4, 0.5) is 28.9 Å². The summed E-state index contributed by atoms with van der Waals surface area (Å²) in [6.45, 7) is -1.02. The number of aliphatic hydroxyl groups is 1. The highest BCUT2D eigenvalue weighted by atomic mass is 35.5. The van der Waals surface area contributed by atoms with E-state index in [2.05, 4.69) is 0 Å². The van der Waals surface area contributed by atoms with Gasteiger partial charge in [-0.2, -0.15) is 13.2 Å². The predicted octanol–water partition coefficient (Wildman–Crippen LogP) is 2.72. The zero-order valence-corrected chi connectivity index (χ0v) is 9.80. The van der Waals surface area contributed by atoms with Crippen LogP contribution in [0.25, 0.3) is 0 Å². The van der Waals surface area contributed by atoms with Gasteiger partial charge in [-0.15, -0.1) is 0 Å². The Labute approximate surface area is 108 Å². The first-order valence-corrected chi connectivity index (χ1v) is 5.13. The van der Waals surface area contributed by atoms with Crippen LogP contribution in [0.5, 0.6) is 0 Å². The largest absolute Gasteiger partial charge is 0.416 e. The Morgan fingerprint density at radius 2 is 2.05 bits per heavy atom. The summed E-state index contributed by atoms with van der Waals surface area (Å²) in [6.07, 6.45) is -7.58. The van der Waals surface area contributed by atoms with E-state index in [1.165, 1.54) is 0 Å².